The van der Waals surface area contributed by atoms with Gasteiger partial charge in [0.1, 0.15) is 18.9 Å². The quantitative estimate of drug-likeness (QED) is 0.203. The van der Waals surface area contributed by atoms with Crippen LogP contribution in [0.15, 0.2) is 47.4 Å². The van der Waals surface area contributed by atoms with Crippen molar-refractivity contribution in [2.45, 2.75) is 20.5 Å². The van der Waals surface area contributed by atoms with Gasteiger partial charge in [-0.25, -0.2) is 0 Å². The molecule has 0 unspecified atom stereocenters. The Morgan fingerprint density at radius 3 is 2.56 bits per heavy atom. The highest BCUT2D eigenvalue weighted by Gasteiger charge is 2.37. The van der Waals surface area contributed by atoms with E-state index >= 15 is 0 Å². The van der Waals surface area contributed by atoms with Crippen LogP contribution in [0.3, 0.4) is 0 Å². The van der Waals surface area contributed by atoms with Gasteiger partial charge in [0.2, 0.25) is 0 Å². The Morgan fingerprint density at radius 1 is 1.16 bits per heavy atom. The zero-order valence-electron chi connectivity index (χ0n) is 17.5. The molecule has 1 saturated heterocycles. The summed E-state index contributed by atoms with van der Waals surface area (Å²) in [6, 6.07) is 13.7. The van der Waals surface area contributed by atoms with Gasteiger partial charge in [0.15, 0.2) is 0 Å². The summed E-state index contributed by atoms with van der Waals surface area (Å²) in [5, 5.41) is -0.491. The van der Waals surface area contributed by atoms with Crippen molar-refractivity contribution >= 4 is 80.1 Å². The van der Waals surface area contributed by atoms with Crippen molar-refractivity contribution in [1.29, 1.82) is 0 Å². The largest absolute Gasteiger partial charge is 0.487 e. The highest BCUT2D eigenvalue weighted by atomic mass is 127. The maximum atomic E-state index is 12.8. The van der Waals surface area contributed by atoms with Gasteiger partial charge in [0, 0.05) is 9.13 Å². The Kier molecular flexibility index (Phi) is 9.00. The van der Waals surface area contributed by atoms with Crippen molar-refractivity contribution < 1.29 is 23.9 Å². The lowest BCUT2D eigenvalue weighted by Crippen LogP contribution is -2.34. The van der Waals surface area contributed by atoms with Crippen molar-refractivity contribution in [2.24, 2.45) is 5.92 Å². The molecule has 0 aromatic heterocycles. The molecule has 1 aliphatic rings. The maximum Gasteiger partial charge on any atom is 0.326 e. The Hall–Kier alpha value is -1.60. The molecule has 0 bridgehead atoms. The fourth-order valence-corrected chi connectivity index (χ4v) is 5.66. The normalized spacial score (nSPS) is 15.0. The van der Waals surface area contributed by atoms with Gasteiger partial charge >= 0.3 is 5.97 Å². The minimum Gasteiger partial charge on any atom is -0.487 e. The third-order valence-electron chi connectivity index (χ3n) is 4.29. The molecular weight excluding hydrogens is 656 g/mol. The molecular formula is C23H21I2NO5S. The van der Waals surface area contributed by atoms with Crippen molar-refractivity contribution in [2.75, 3.05) is 13.2 Å². The van der Waals surface area contributed by atoms with E-state index in [1.165, 1.54) is 0 Å². The third kappa shape index (κ3) is 6.70. The number of amides is 2. The Balaban J connectivity index is 1.80. The molecule has 0 spiro atoms. The van der Waals surface area contributed by atoms with Gasteiger partial charge in [-0.05, 0) is 86.6 Å². The molecule has 168 valence electrons. The topological polar surface area (TPSA) is 72.9 Å². The summed E-state index contributed by atoms with van der Waals surface area (Å²) in [7, 11) is 0. The van der Waals surface area contributed by atoms with Gasteiger partial charge in [-0.3, -0.25) is 19.3 Å². The standard InChI is InChI=1S/C23H21I2NO5S/c1-14(2)12-30-20(27)11-26-22(28)19(32-23(26)29)9-16-8-17(24)10-18(25)21(16)31-13-15-6-4-3-5-7-15/h3-10,14H,11-13H2,1-2H3/b19-9+. The minimum absolute atomic E-state index is 0.172. The number of carbonyl (C=O) groups is 3. The van der Waals surface area contributed by atoms with Crippen molar-refractivity contribution in [1.82, 2.24) is 4.90 Å². The van der Waals surface area contributed by atoms with Gasteiger partial charge in [-0.1, -0.05) is 44.2 Å². The highest BCUT2D eigenvalue weighted by Crippen LogP contribution is 2.36. The molecule has 0 saturated carbocycles. The molecule has 32 heavy (non-hydrogen) atoms. The van der Waals surface area contributed by atoms with E-state index in [1.807, 2.05) is 56.3 Å². The molecule has 2 aromatic rings. The van der Waals surface area contributed by atoms with Crippen LogP contribution < -0.4 is 4.74 Å². The van der Waals surface area contributed by atoms with E-state index in [2.05, 4.69) is 45.2 Å². The second-order valence-corrected chi connectivity index (χ2v) is 10.8. The Labute approximate surface area is 218 Å². The van der Waals surface area contributed by atoms with E-state index in [1.54, 1.807) is 6.08 Å². The van der Waals surface area contributed by atoms with Gasteiger partial charge in [-0.2, -0.15) is 0 Å². The predicted molar refractivity (Wildman–Crippen MR) is 141 cm³/mol. The molecule has 2 amide bonds. The first-order valence-corrected chi connectivity index (χ1v) is 12.8. The van der Waals surface area contributed by atoms with Crippen LogP contribution in [-0.4, -0.2) is 35.2 Å². The fourth-order valence-electron chi connectivity index (χ4n) is 2.78. The number of benzene rings is 2. The van der Waals surface area contributed by atoms with Gasteiger partial charge < -0.3 is 9.47 Å². The first-order valence-electron chi connectivity index (χ1n) is 9.81. The summed E-state index contributed by atoms with van der Waals surface area (Å²) in [5.41, 5.74) is 1.72. The summed E-state index contributed by atoms with van der Waals surface area (Å²) in [5.74, 6) is -0.300. The molecule has 1 heterocycles. The van der Waals surface area contributed by atoms with Crippen LogP contribution in [0.2, 0.25) is 0 Å². The van der Waals surface area contributed by atoms with Crippen LogP contribution in [0.5, 0.6) is 5.75 Å². The number of hydrogen-bond donors (Lipinski definition) is 0. The minimum atomic E-state index is -0.599. The number of rotatable bonds is 8. The Morgan fingerprint density at radius 2 is 1.88 bits per heavy atom. The fraction of sp³-hybridized carbons (Fsp3) is 0.261. The van der Waals surface area contributed by atoms with Crippen molar-refractivity contribution in [3.63, 3.8) is 0 Å². The maximum absolute atomic E-state index is 12.8. The van der Waals surface area contributed by atoms with Crippen LogP contribution in [0, 0.1) is 13.1 Å². The molecule has 3 rings (SSSR count). The number of halogens is 2. The molecule has 6 nitrogen and oxygen atoms in total. The lowest BCUT2D eigenvalue weighted by Gasteiger charge is -2.13. The molecule has 9 heteroatoms. The van der Waals surface area contributed by atoms with Gasteiger partial charge in [-0.15, -0.1) is 0 Å². The van der Waals surface area contributed by atoms with E-state index in [0.717, 1.165) is 29.4 Å². The highest BCUT2D eigenvalue weighted by molar-refractivity contribution is 14.1. The molecule has 0 atom stereocenters. The van der Waals surface area contributed by atoms with E-state index in [9.17, 15) is 14.4 Å². The van der Waals surface area contributed by atoms with E-state index in [4.69, 9.17) is 9.47 Å². The number of hydrogen-bond acceptors (Lipinski definition) is 6. The zero-order chi connectivity index (χ0) is 23.3. The average molecular weight is 677 g/mol. The van der Waals surface area contributed by atoms with Gasteiger partial charge in [0.05, 0.1) is 15.1 Å². The molecule has 2 aromatic carbocycles. The lowest BCUT2D eigenvalue weighted by molar-refractivity contribution is -0.147. The third-order valence-corrected chi connectivity index (χ3v) is 6.62. The number of esters is 1. The van der Waals surface area contributed by atoms with Crippen LogP contribution in [0.1, 0.15) is 25.0 Å². The predicted octanol–water partition coefficient (Wildman–Crippen LogP) is 5.71. The smallest absolute Gasteiger partial charge is 0.326 e. The van der Waals surface area contributed by atoms with Crippen LogP contribution in [0.25, 0.3) is 6.08 Å². The number of ether oxygens (including phenoxy) is 2. The molecule has 1 fully saturated rings. The van der Waals surface area contributed by atoms with Crippen molar-refractivity contribution in [3.8, 4) is 5.75 Å². The average Bonchev–Trinajstić information content (AvgIpc) is 2.99. The van der Waals surface area contributed by atoms with Crippen LogP contribution >= 0.6 is 56.9 Å². The summed E-state index contributed by atoms with van der Waals surface area (Å²) < 4.78 is 13.1. The molecule has 0 radical (unpaired) electrons. The molecule has 0 aliphatic carbocycles. The van der Waals surface area contributed by atoms with Crippen LogP contribution in [-0.2, 0) is 20.9 Å². The van der Waals surface area contributed by atoms with E-state index in [0.29, 0.717) is 17.9 Å². The number of thioether (sulfide) groups is 1. The summed E-state index contributed by atoms with van der Waals surface area (Å²) in [4.78, 5) is 38.4. The second kappa shape index (κ2) is 11.5. The monoisotopic (exact) mass is 677 g/mol. The second-order valence-electron chi connectivity index (χ2n) is 7.42. The summed E-state index contributed by atoms with van der Waals surface area (Å²) >= 11 is 5.20. The zero-order valence-corrected chi connectivity index (χ0v) is 22.6. The van der Waals surface area contributed by atoms with E-state index < -0.39 is 23.7 Å². The van der Waals surface area contributed by atoms with Crippen LogP contribution in [0.4, 0.5) is 4.79 Å². The molecule has 0 N–H and O–H groups in total. The number of carbonyl (C=O) groups excluding carboxylic acids is 3. The Bertz CT molecular complexity index is 1060. The molecule has 1 aliphatic heterocycles. The van der Waals surface area contributed by atoms with Crippen molar-refractivity contribution in [3.05, 3.63) is 65.6 Å². The number of nitrogens with zero attached hydrogens (tertiary/aromatic N) is 1. The SMILES string of the molecule is CC(C)COC(=O)CN1C(=O)S/C(=C/c2cc(I)cc(I)c2OCc2ccccc2)C1=O. The lowest BCUT2D eigenvalue weighted by atomic mass is 10.1. The van der Waals surface area contributed by atoms with Gasteiger partial charge in [0.25, 0.3) is 11.1 Å². The first kappa shape index (κ1) is 25.0. The first-order chi connectivity index (χ1) is 15.2. The summed E-state index contributed by atoms with van der Waals surface area (Å²) in [6.07, 6.45) is 1.65. The van der Waals surface area contributed by atoms with E-state index in [-0.39, 0.29) is 17.4 Å². The summed E-state index contributed by atoms with van der Waals surface area (Å²) in [6.45, 7) is 4.05. The number of imide groups is 1.